The molecule has 0 aromatic carbocycles. The molecule has 3 heterocycles. The number of fused-ring (bicyclic) bond motifs is 1. The minimum Gasteiger partial charge on any atom is -0.383 e. The average Bonchev–Trinajstić information content (AvgIpc) is 2.65. The van der Waals surface area contributed by atoms with Crippen molar-refractivity contribution in [3.8, 4) is 0 Å². The van der Waals surface area contributed by atoms with Gasteiger partial charge < -0.3 is 15.3 Å². The molecule has 1 aliphatic heterocycles. The Morgan fingerprint density at radius 1 is 1.21 bits per heavy atom. The average molecular weight is 397 g/mol. The lowest BCUT2D eigenvalue weighted by molar-refractivity contribution is -0.178. The van der Waals surface area contributed by atoms with E-state index in [9.17, 15) is 23.1 Å². The maximum Gasteiger partial charge on any atom is 0.393 e. The van der Waals surface area contributed by atoms with Gasteiger partial charge in [0.25, 0.3) is 0 Å². The molecular formula is C18H22F3N5O2. The summed E-state index contributed by atoms with van der Waals surface area (Å²) in [6, 6.07) is 0.832. The van der Waals surface area contributed by atoms with Crippen LogP contribution in [-0.4, -0.2) is 57.4 Å². The molecule has 28 heavy (non-hydrogen) atoms. The molecule has 10 heteroatoms. The summed E-state index contributed by atoms with van der Waals surface area (Å²) < 4.78 is 40.5. The number of hydrogen-bond donors (Lipinski definition) is 2. The number of rotatable bonds is 4. The van der Waals surface area contributed by atoms with Crippen molar-refractivity contribution in [2.24, 2.45) is 11.8 Å². The van der Waals surface area contributed by atoms with Crippen LogP contribution in [0.3, 0.4) is 0 Å². The fraction of sp³-hybridized carbons (Fsp3) is 0.556. The van der Waals surface area contributed by atoms with E-state index in [1.165, 1.54) is 18.6 Å². The van der Waals surface area contributed by atoms with E-state index in [0.29, 0.717) is 16.9 Å². The van der Waals surface area contributed by atoms with Gasteiger partial charge in [0.1, 0.15) is 11.6 Å². The van der Waals surface area contributed by atoms with Crippen molar-refractivity contribution in [3.63, 3.8) is 0 Å². The topological polar surface area (TPSA) is 91.2 Å². The molecule has 3 atom stereocenters. The Hall–Kier alpha value is -2.49. The van der Waals surface area contributed by atoms with E-state index in [1.54, 1.807) is 24.8 Å². The highest BCUT2D eigenvalue weighted by Crippen LogP contribution is 2.36. The van der Waals surface area contributed by atoms with Crippen LogP contribution in [0, 0.1) is 11.8 Å². The fourth-order valence-corrected chi connectivity index (χ4v) is 3.35. The van der Waals surface area contributed by atoms with Crippen molar-refractivity contribution in [3.05, 3.63) is 24.7 Å². The molecule has 7 nitrogen and oxygen atoms in total. The van der Waals surface area contributed by atoms with Crippen LogP contribution in [0.15, 0.2) is 24.7 Å². The SMILES string of the molecule is CC(C)[C@H](O)C(=O)N[C@H]1C[C@@H](C(F)(F)F)CN(c2ccnc3nccnc23)C1. The van der Waals surface area contributed by atoms with Gasteiger partial charge in [-0.25, -0.2) is 15.0 Å². The molecule has 3 rings (SSSR count). The van der Waals surface area contributed by atoms with Gasteiger partial charge >= 0.3 is 6.18 Å². The maximum atomic E-state index is 13.5. The van der Waals surface area contributed by atoms with Gasteiger partial charge in [0.2, 0.25) is 5.91 Å². The van der Waals surface area contributed by atoms with E-state index in [1.807, 2.05) is 0 Å². The van der Waals surface area contributed by atoms with Crippen LogP contribution in [0.1, 0.15) is 20.3 Å². The first-order valence-corrected chi connectivity index (χ1v) is 9.02. The van der Waals surface area contributed by atoms with Gasteiger partial charge in [-0.2, -0.15) is 13.2 Å². The fourth-order valence-electron chi connectivity index (χ4n) is 3.35. The standard InChI is InChI=1S/C18H22F3N5O2/c1-10(2)15(27)17(28)25-12-7-11(18(19,20)21)8-26(9-12)13-3-4-23-16-14(13)22-5-6-24-16/h3-6,10-12,15,27H,7-9H2,1-2H3,(H,25,28)/t11-,12+,15+/m1/s1. The van der Waals surface area contributed by atoms with Crippen molar-refractivity contribution in [2.75, 3.05) is 18.0 Å². The van der Waals surface area contributed by atoms with Crippen LogP contribution < -0.4 is 10.2 Å². The molecule has 1 amide bonds. The summed E-state index contributed by atoms with van der Waals surface area (Å²) in [6.45, 7) is 3.24. The van der Waals surface area contributed by atoms with Crippen LogP contribution in [-0.2, 0) is 4.79 Å². The minimum atomic E-state index is -4.41. The zero-order valence-electron chi connectivity index (χ0n) is 15.5. The largest absolute Gasteiger partial charge is 0.393 e. The van der Waals surface area contributed by atoms with Gasteiger partial charge in [-0.05, 0) is 18.4 Å². The van der Waals surface area contributed by atoms with Gasteiger partial charge in [0.15, 0.2) is 5.65 Å². The Labute approximate surface area is 160 Å². The predicted molar refractivity (Wildman–Crippen MR) is 96.5 cm³/mol. The third kappa shape index (κ3) is 4.32. The zero-order valence-corrected chi connectivity index (χ0v) is 15.5. The van der Waals surface area contributed by atoms with Crippen LogP contribution in [0.2, 0.25) is 0 Å². The summed E-state index contributed by atoms with van der Waals surface area (Å²) in [5.41, 5.74) is 1.22. The number of carbonyl (C=O) groups excluding carboxylic acids is 1. The molecule has 1 fully saturated rings. The highest BCUT2D eigenvalue weighted by molar-refractivity contribution is 5.85. The lowest BCUT2D eigenvalue weighted by atomic mass is 9.92. The van der Waals surface area contributed by atoms with Gasteiger partial charge in [0, 0.05) is 37.7 Å². The Bertz CT molecular complexity index is 840. The molecule has 0 aliphatic carbocycles. The molecule has 0 unspecified atom stereocenters. The summed E-state index contributed by atoms with van der Waals surface area (Å²) in [6.07, 6.45) is -1.54. The van der Waals surface area contributed by atoms with E-state index < -0.39 is 30.1 Å². The summed E-state index contributed by atoms with van der Waals surface area (Å²) in [5.74, 6) is -2.62. The zero-order chi connectivity index (χ0) is 20.5. The molecule has 0 bridgehead atoms. The highest BCUT2D eigenvalue weighted by Gasteiger charge is 2.45. The second kappa shape index (κ2) is 7.86. The van der Waals surface area contributed by atoms with Crippen LogP contribution in [0.25, 0.3) is 11.2 Å². The number of nitrogens with one attached hydrogen (secondary N) is 1. The summed E-state index contributed by atoms with van der Waals surface area (Å²) in [7, 11) is 0. The number of aliphatic hydroxyl groups is 1. The lowest BCUT2D eigenvalue weighted by Crippen LogP contribution is -2.55. The predicted octanol–water partition coefficient (Wildman–Crippen LogP) is 1.92. The Balaban J connectivity index is 1.89. The molecule has 2 aromatic rings. The van der Waals surface area contributed by atoms with Crippen molar-refractivity contribution >= 4 is 22.8 Å². The summed E-state index contributed by atoms with van der Waals surface area (Å²) >= 11 is 0. The number of amides is 1. The number of aliphatic hydroxyl groups excluding tert-OH is 1. The molecule has 1 aliphatic rings. The van der Waals surface area contributed by atoms with Crippen LogP contribution in [0.4, 0.5) is 18.9 Å². The summed E-state index contributed by atoms with van der Waals surface area (Å²) in [4.78, 5) is 26.1. The number of anilines is 1. The number of pyridine rings is 1. The molecule has 1 saturated heterocycles. The van der Waals surface area contributed by atoms with Gasteiger partial charge in [-0.3, -0.25) is 4.79 Å². The van der Waals surface area contributed by atoms with Gasteiger partial charge in [0.05, 0.1) is 11.6 Å². The van der Waals surface area contributed by atoms with Gasteiger partial charge in [-0.1, -0.05) is 13.8 Å². The molecule has 0 radical (unpaired) electrons. The summed E-state index contributed by atoms with van der Waals surface area (Å²) in [5, 5.41) is 12.5. The van der Waals surface area contributed by atoms with E-state index in [-0.39, 0.29) is 25.4 Å². The second-order valence-corrected chi connectivity index (χ2v) is 7.33. The highest BCUT2D eigenvalue weighted by atomic mass is 19.4. The molecule has 0 spiro atoms. The van der Waals surface area contributed by atoms with Crippen molar-refractivity contribution in [1.29, 1.82) is 0 Å². The normalized spacial score (nSPS) is 21.8. The quantitative estimate of drug-likeness (QED) is 0.819. The number of aromatic nitrogens is 3. The smallest absolute Gasteiger partial charge is 0.383 e. The van der Waals surface area contributed by atoms with Crippen LogP contribution >= 0.6 is 0 Å². The third-order valence-corrected chi connectivity index (χ3v) is 4.85. The molecule has 2 N–H and O–H groups in total. The number of carbonyl (C=O) groups is 1. The number of alkyl halides is 3. The van der Waals surface area contributed by atoms with Crippen molar-refractivity contribution in [2.45, 2.75) is 38.6 Å². The maximum absolute atomic E-state index is 13.5. The Morgan fingerprint density at radius 2 is 1.89 bits per heavy atom. The Kier molecular flexibility index (Phi) is 5.69. The Morgan fingerprint density at radius 3 is 2.57 bits per heavy atom. The number of nitrogens with zero attached hydrogens (tertiary/aromatic N) is 4. The number of halogens is 3. The first kappa shape index (κ1) is 20.2. The molecular weight excluding hydrogens is 375 g/mol. The number of hydrogen-bond acceptors (Lipinski definition) is 6. The third-order valence-electron chi connectivity index (χ3n) is 4.85. The van der Waals surface area contributed by atoms with Crippen molar-refractivity contribution < 1.29 is 23.1 Å². The van der Waals surface area contributed by atoms with E-state index in [0.717, 1.165) is 0 Å². The molecule has 152 valence electrons. The van der Waals surface area contributed by atoms with E-state index in [4.69, 9.17) is 0 Å². The second-order valence-electron chi connectivity index (χ2n) is 7.33. The molecule has 2 aromatic heterocycles. The first-order valence-electron chi connectivity index (χ1n) is 9.02. The number of piperidine rings is 1. The van der Waals surface area contributed by atoms with Crippen molar-refractivity contribution in [1.82, 2.24) is 20.3 Å². The molecule has 0 saturated carbocycles. The van der Waals surface area contributed by atoms with Gasteiger partial charge in [-0.15, -0.1) is 0 Å². The first-order chi connectivity index (χ1) is 13.2. The van der Waals surface area contributed by atoms with E-state index in [2.05, 4.69) is 20.3 Å². The van der Waals surface area contributed by atoms with Crippen LogP contribution in [0.5, 0.6) is 0 Å². The lowest BCUT2D eigenvalue weighted by Gasteiger charge is -2.40. The van der Waals surface area contributed by atoms with E-state index >= 15 is 0 Å². The minimum absolute atomic E-state index is 0.165. The monoisotopic (exact) mass is 397 g/mol.